The van der Waals surface area contributed by atoms with Gasteiger partial charge in [-0.1, -0.05) is 30.3 Å². The molecule has 1 saturated heterocycles. The molecule has 1 aromatic carbocycles. The van der Waals surface area contributed by atoms with Gasteiger partial charge in [0.1, 0.15) is 5.38 Å². The number of hydrogen-bond donors (Lipinski definition) is 0. The van der Waals surface area contributed by atoms with E-state index in [4.69, 9.17) is 16.3 Å². The van der Waals surface area contributed by atoms with Gasteiger partial charge in [-0.2, -0.15) is 0 Å². The summed E-state index contributed by atoms with van der Waals surface area (Å²) in [4.78, 5) is 14.1. The largest absolute Gasteiger partial charge is 0.384 e. The first-order valence-corrected chi connectivity index (χ1v) is 6.62. The molecule has 18 heavy (non-hydrogen) atoms. The Kier molecular flexibility index (Phi) is 4.61. The smallest absolute Gasteiger partial charge is 0.245 e. The van der Waals surface area contributed by atoms with Gasteiger partial charge in [0.05, 0.1) is 6.61 Å². The first-order chi connectivity index (χ1) is 8.72. The number of nitrogens with zero attached hydrogens (tertiary/aromatic N) is 1. The van der Waals surface area contributed by atoms with E-state index in [2.05, 4.69) is 0 Å². The lowest BCUT2D eigenvalue weighted by atomic mass is 10.1. The molecule has 1 fully saturated rings. The van der Waals surface area contributed by atoms with Gasteiger partial charge in [-0.05, 0) is 12.0 Å². The van der Waals surface area contributed by atoms with Crippen molar-refractivity contribution in [3.8, 4) is 0 Å². The maximum Gasteiger partial charge on any atom is 0.245 e. The Morgan fingerprint density at radius 3 is 2.89 bits per heavy atom. The lowest BCUT2D eigenvalue weighted by Gasteiger charge is -2.20. The zero-order valence-electron chi connectivity index (χ0n) is 10.5. The van der Waals surface area contributed by atoms with Crippen molar-refractivity contribution in [1.29, 1.82) is 0 Å². The number of halogens is 1. The predicted molar refractivity (Wildman–Crippen MR) is 71.6 cm³/mol. The number of likely N-dealkylation sites (tertiary alicyclic amines) is 1. The molecule has 2 rings (SSSR count). The number of benzene rings is 1. The molecule has 1 amide bonds. The molecule has 3 nitrogen and oxygen atoms in total. The predicted octanol–water partition coefficient (Wildman–Crippen LogP) is 2.46. The van der Waals surface area contributed by atoms with Crippen LogP contribution in [-0.2, 0) is 9.53 Å². The standard InChI is InChI=1S/C14H18ClNO2/c1-18-10-11-7-8-16(9-11)14(17)13(15)12-5-3-2-4-6-12/h2-6,11,13H,7-10H2,1H3. The molecule has 2 unspecified atom stereocenters. The van der Waals surface area contributed by atoms with Crippen LogP contribution in [0.2, 0.25) is 0 Å². The quantitative estimate of drug-likeness (QED) is 0.785. The first kappa shape index (κ1) is 13.4. The summed E-state index contributed by atoms with van der Waals surface area (Å²) < 4.78 is 5.13. The molecule has 0 spiro atoms. The maximum absolute atomic E-state index is 12.2. The highest BCUT2D eigenvalue weighted by atomic mass is 35.5. The van der Waals surface area contributed by atoms with Crippen LogP contribution < -0.4 is 0 Å². The number of carbonyl (C=O) groups excluding carboxylic acids is 1. The molecular weight excluding hydrogens is 250 g/mol. The van der Waals surface area contributed by atoms with Crippen molar-refractivity contribution in [3.05, 3.63) is 35.9 Å². The molecule has 1 aliphatic heterocycles. The van der Waals surface area contributed by atoms with E-state index in [1.807, 2.05) is 35.2 Å². The van der Waals surface area contributed by atoms with Crippen molar-refractivity contribution >= 4 is 17.5 Å². The minimum atomic E-state index is -0.576. The number of ether oxygens (including phenoxy) is 1. The molecule has 4 heteroatoms. The Hall–Kier alpha value is -1.06. The lowest BCUT2D eigenvalue weighted by molar-refractivity contribution is -0.130. The summed E-state index contributed by atoms with van der Waals surface area (Å²) in [6, 6.07) is 9.49. The summed E-state index contributed by atoms with van der Waals surface area (Å²) in [6.45, 7) is 2.24. The van der Waals surface area contributed by atoms with Crippen LogP contribution in [0, 0.1) is 5.92 Å². The van der Waals surface area contributed by atoms with E-state index in [1.165, 1.54) is 0 Å². The molecule has 98 valence electrons. The van der Waals surface area contributed by atoms with Gasteiger partial charge in [0, 0.05) is 26.1 Å². The maximum atomic E-state index is 12.2. The third kappa shape index (κ3) is 3.03. The van der Waals surface area contributed by atoms with Crippen LogP contribution >= 0.6 is 11.6 Å². The van der Waals surface area contributed by atoms with Gasteiger partial charge in [0.25, 0.3) is 0 Å². The monoisotopic (exact) mass is 267 g/mol. The number of alkyl halides is 1. The van der Waals surface area contributed by atoms with E-state index in [1.54, 1.807) is 7.11 Å². The van der Waals surface area contributed by atoms with Gasteiger partial charge in [-0.25, -0.2) is 0 Å². The number of methoxy groups -OCH3 is 1. The molecule has 2 atom stereocenters. The second kappa shape index (κ2) is 6.21. The second-order valence-electron chi connectivity index (χ2n) is 4.67. The summed E-state index contributed by atoms with van der Waals surface area (Å²) in [7, 11) is 1.69. The van der Waals surface area contributed by atoms with Crippen molar-refractivity contribution in [2.75, 3.05) is 26.8 Å². The molecule has 0 N–H and O–H groups in total. The minimum Gasteiger partial charge on any atom is -0.384 e. The molecule has 1 aromatic rings. The number of rotatable bonds is 4. The molecule has 0 aliphatic carbocycles. The number of amides is 1. The molecule has 1 aliphatic rings. The highest BCUT2D eigenvalue weighted by Gasteiger charge is 2.30. The van der Waals surface area contributed by atoms with Gasteiger partial charge in [-0.15, -0.1) is 11.6 Å². The summed E-state index contributed by atoms with van der Waals surface area (Å²) in [5.41, 5.74) is 0.861. The summed E-state index contributed by atoms with van der Waals surface area (Å²) in [5, 5.41) is -0.576. The zero-order chi connectivity index (χ0) is 13.0. The Morgan fingerprint density at radius 1 is 1.50 bits per heavy atom. The molecule has 0 bridgehead atoms. The third-order valence-corrected chi connectivity index (χ3v) is 3.75. The molecule has 1 heterocycles. The summed E-state index contributed by atoms with van der Waals surface area (Å²) in [5.74, 6) is 0.444. The van der Waals surface area contributed by atoms with Crippen molar-refractivity contribution < 1.29 is 9.53 Å². The fourth-order valence-corrected chi connectivity index (χ4v) is 2.61. The zero-order valence-corrected chi connectivity index (χ0v) is 11.3. The van der Waals surface area contributed by atoms with Crippen molar-refractivity contribution in [3.63, 3.8) is 0 Å². The van der Waals surface area contributed by atoms with E-state index in [0.717, 1.165) is 25.1 Å². The minimum absolute atomic E-state index is 0.00136. The number of carbonyl (C=O) groups is 1. The fraction of sp³-hybridized carbons (Fsp3) is 0.500. The van der Waals surface area contributed by atoms with Crippen LogP contribution in [0.3, 0.4) is 0 Å². The Bertz CT molecular complexity index is 396. The van der Waals surface area contributed by atoms with Gasteiger partial charge >= 0.3 is 0 Å². The van der Waals surface area contributed by atoms with E-state index in [9.17, 15) is 4.79 Å². The van der Waals surface area contributed by atoms with Crippen LogP contribution in [0.1, 0.15) is 17.4 Å². The summed E-state index contributed by atoms with van der Waals surface area (Å²) in [6.07, 6.45) is 0.998. The van der Waals surface area contributed by atoms with Gasteiger partial charge in [0.2, 0.25) is 5.91 Å². The highest BCUT2D eigenvalue weighted by Crippen LogP contribution is 2.26. The van der Waals surface area contributed by atoms with E-state index >= 15 is 0 Å². The third-order valence-electron chi connectivity index (χ3n) is 3.31. The highest BCUT2D eigenvalue weighted by molar-refractivity contribution is 6.30. The van der Waals surface area contributed by atoms with Crippen molar-refractivity contribution in [2.45, 2.75) is 11.8 Å². The second-order valence-corrected chi connectivity index (χ2v) is 5.10. The summed E-state index contributed by atoms with van der Waals surface area (Å²) >= 11 is 6.24. The number of hydrogen-bond acceptors (Lipinski definition) is 2. The van der Waals surface area contributed by atoms with Crippen molar-refractivity contribution in [1.82, 2.24) is 4.90 Å². The molecule has 0 radical (unpaired) electrons. The van der Waals surface area contributed by atoms with Crippen LogP contribution in [0.25, 0.3) is 0 Å². The normalized spacial score (nSPS) is 21.0. The van der Waals surface area contributed by atoms with Crippen molar-refractivity contribution in [2.24, 2.45) is 5.92 Å². The fourth-order valence-electron chi connectivity index (χ4n) is 2.33. The van der Waals surface area contributed by atoms with Crippen LogP contribution in [0.4, 0.5) is 0 Å². The average molecular weight is 268 g/mol. The average Bonchev–Trinajstić information content (AvgIpc) is 2.87. The Labute approximate surface area is 113 Å². The topological polar surface area (TPSA) is 29.5 Å². The van der Waals surface area contributed by atoms with Gasteiger partial charge < -0.3 is 9.64 Å². The first-order valence-electron chi connectivity index (χ1n) is 6.19. The van der Waals surface area contributed by atoms with Crippen LogP contribution in [0.5, 0.6) is 0 Å². The molecule has 0 aromatic heterocycles. The van der Waals surface area contributed by atoms with Gasteiger partial charge in [-0.3, -0.25) is 4.79 Å². The van der Waals surface area contributed by atoms with Gasteiger partial charge in [0.15, 0.2) is 0 Å². The van der Waals surface area contributed by atoms with Crippen LogP contribution in [-0.4, -0.2) is 37.6 Å². The lowest BCUT2D eigenvalue weighted by Crippen LogP contribution is -2.32. The Morgan fingerprint density at radius 2 is 2.22 bits per heavy atom. The molecule has 0 saturated carbocycles. The molecular formula is C14H18ClNO2. The van der Waals surface area contributed by atoms with E-state index in [-0.39, 0.29) is 5.91 Å². The SMILES string of the molecule is COCC1CCN(C(=O)C(Cl)c2ccccc2)C1. The van der Waals surface area contributed by atoms with E-state index in [0.29, 0.717) is 12.5 Å². The van der Waals surface area contributed by atoms with E-state index < -0.39 is 5.38 Å². The van der Waals surface area contributed by atoms with Crippen LogP contribution in [0.15, 0.2) is 30.3 Å². The Balaban J connectivity index is 1.96.